The third-order valence-electron chi connectivity index (χ3n) is 4.30. The van der Waals surface area contributed by atoms with Crippen LogP contribution in [-0.2, 0) is 9.53 Å². The van der Waals surface area contributed by atoms with Crippen LogP contribution in [0.1, 0.15) is 54.7 Å². The fourth-order valence-electron chi connectivity index (χ4n) is 3.21. The summed E-state index contributed by atoms with van der Waals surface area (Å²) in [6.07, 6.45) is 2.76. The molecule has 2 aromatic rings. The lowest BCUT2D eigenvalue weighted by atomic mass is 9.88. The lowest BCUT2D eigenvalue weighted by molar-refractivity contribution is -0.150. The van der Waals surface area contributed by atoms with Crippen molar-refractivity contribution in [1.29, 1.82) is 0 Å². The number of rotatable bonds is 4. The van der Waals surface area contributed by atoms with Crippen molar-refractivity contribution in [1.82, 2.24) is 4.57 Å². The molecule has 2 unspecified atom stereocenters. The number of hydrogen-bond acceptors (Lipinski definition) is 3. The molecule has 1 aromatic heterocycles. The van der Waals surface area contributed by atoms with Crippen LogP contribution in [0.25, 0.3) is 0 Å². The smallest absolute Gasteiger partial charge is 0.315 e. The minimum absolute atomic E-state index is 0.0665. The van der Waals surface area contributed by atoms with Gasteiger partial charge in [-0.3, -0.25) is 9.59 Å². The van der Waals surface area contributed by atoms with Crippen LogP contribution in [0.3, 0.4) is 0 Å². The monoisotopic (exact) mass is 329 g/mol. The van der Waals surface area contributed by atoms with Crippen molar-refractivity contribution in [2.45, 2.75) is 44.8 Å². The maximum Gasteiger partial charge on any atom is 0.315 e. The number of carbonyl (C=O) groups excluding carboxylic acids is 2. The van der Waals surface area contributed by atoms with Crippen molar-refractivity contribution in [3.63, 3.8) is 0 Å². The topological polar surface area (TPSA) is 48.3 Å². The molecule has 0 fully saturated rings. The second-order valence-electron chi connectivity index (χ2n) is 6.34. The average molecular weight is 329 g/mol. The normalized spacial score (nSPS) is 19.8. The highest BCUT2D eigenvalue weighted by molar-refractivity contribution is 5.99. The summed E-state index contributed by atoms with van der Waals surface area (Å²) >= 11 is 0. The van der Waals surface area contributed by atoms with Gasteiger partial charge in [0.25, 0.3) is 0 Å². The van der Waals surface area contributed by atoms with Crippen molar-refractivity contribution in [2.24, 2.45) is 0 Å². The van der Waals surface area contributed by atoms with Crippen LogP contribution in [0.15, 0.2) is 42.6 Å². The molecule has 1 aromatic carbocycles. The molecule has 0 aliphatic carbocycles. The predicted octanol–water partition coefficient (Wildman–Crippen LogP) is 3.88. The predicted molar refractivity (Wildman–Crippen MR) is 87.4 cm³/mol. The van der Waals surface area contributed by atoms with Crippen molar-refractivity contribution in [3.05, 3.63) is 59.7 Å². The first-order chi connectivity index (χ1) is 11.5. The molecule has 3 rings (SSSR count). The number of esters is 1. The van der Waals surface area contributed by atoms with Crippen LogP contribution in [0, 0.1) is 5.82 Å². The Morgan fingerprint density at radius 1 is 1.17 bits per heavy atom. The second kappa shape index (κ2) is 6.59. The number of Topliss-reactive ketones (excluding diaryl/α,β-unsaturated/α-hetero) is 1. The molecule has 0 spiro atoms. The number of ketones is 1. The number of ether oxygens (including phenoxy) is 1. The average Bonchev–Trinajstić information content (AvgIpc) is 3.02. The molecular weight excluding hydrogens is 309 g/mol. The summed E-state index contributed by atoms with van der Waals surface area (Å²) in [5, 5.41) is 0. The van der Waals surface area contributed by atoms with Crippen molar-refractivity contribution in [2.75, 3.05) is 0 Å². The zero-order valence-electron chi connectivity index (χ0n) is 13.7. The lowest BCUT2D eigenvalue weighted by Gasteiger charge is -2.30. The van der Waals surface area contributed by atoms with E-state index in [9.17, 15) is 14.0 Å². The molecule has 1 aliphatic heterocycles. The standard InChI is InChI=1S/C19H20FNO3/c1-12(2)24-19(23)15-9-10-17(21-11-3-4-16(15)21)18(22)13-5-7-14(20)8-6-13/h3-8,11-12,15,17H,9-10H2,1-2H3. The molecule has 0 amide bonds. The fourth-order valence-corrected chi connectivity index (χ4v) is 3.21. The van der Waals surface area contributed by atoms with Gasteiger partial charge in [-0.05, 0) is 63.1 Å². The van der Waals surface area contributed by atoms with Gasteiger partial charge in [0.05, 0.1) is 18.1 Å². The summed E-state index contributed by atoms with van der Waals surface area (Å²) in [5.41, 5.74) is 1.27. The van der Waals surface area contributed by atoms with E-state index in [2.05, 4.69) is 0 Å². The Kier molecular flexibility index (Phi) is 4.51. The highest BCUT2D eigenvalue weighted by Gasteiger charge is 2.35. The molecule has 2 heterocycles. The molecular formula is C19H20FNO3. The Bertz CT molecular complexity index is 748. The third kappa shape index (κ3) is 3.11. The van der Waals surface area contributed by atoms with Crippen LogP contribution in [0.4, 0.5) is 4.39 Å². The Hall–Kier alpha value is -2.43. The van der Waals surface area contributed by atoms with E-state index in [0.29, 0.717) is 18.4 Å². The minimum atomic E-state index is -0.372. The van der Waals surface area contributed by atoms with Crippen LogP contribution < -0.4 is 0 Å². The first kappa shape index (κ1) is 16.4. The van der Waals surface area contributed by atoms with Gasteiger partial charge in [0.1, 0.15) is 5.82 Å². The van der Waals surface area contributed by atoms with Gasteiger partial charge in [-0.25, -0.2) is 4.39 Å². The second-order valence-corrected chi connectivity index (χ2v) is 6.34. The Balaban J connectivity index is 1.86. The SMILES string of the molecule is CC(C)OC(=O)C1CCC(C(=O)c2ccc(F)cc2)n2cccc21. The number of hydrogen-bond donors (Lipinski definition) is 0. The fraction of sp³-hybridized carbons (Fsp3) is 0.368. The molecule has 4 nitrogen and oxygen atoms in total. The van der Waals surface area contributed by atoms with Gasteiger partial charge in [0.2, 0.25) is 0 Å². The highest BCUT2D eigenvalue weighted by Crippen LogP contribution is 2.36. The zero-order chi connectivity index (χ0) is 17.3. The number of nitrogens with zero attached hydrogens (tertiary/aromatic N) is 1. The van der Waals surface area contributed by atoms with Gasteiger partial charge in [0.15, 0.2) is 5.78 Å². The molecule has 5 heteroatoms. The van der Waals surface area contributed by atoms with Gasteiger partial charge in [-0.2, -0.15) is 0 Å². The van der Waals surface area contributed by atoms with E-state index in [0.717, 1.165) is 5.69 Å². The molecule has 126 valence electrons. The Morgan fingerprint density at radius 3 is 2.54 bits per heavy atom. The molecule has 0 saturated heterocycles. The highest BCUT2D eigenvalue weighted by atomic mass is 19.1. The third-order valence-corrected chi connectivity index (χ3v) is 4.30. The van der Waals surface area contributed by atoms with Crippen LogP contribution in [-0.4, -0.2) is 22.4 Å². The molecule has 0 saturated carbocycles. The molecule has 2 atom stereocenters. The summed E-state index contributed by atoms with van der Waals surface area (Å²) in [6.45, 7) is 3.64. The molecule has 0 N–H and O–H groups in total. The number of benzene rings is 1. The summed E-state index contributed by atoms with van der Waals surface area (Å²) in [4.78, 5) is 25.1. The van der Waals surface area contributed by atoms with Crippen molar-refractivity contribution >= 4 is 11.8 Å². The maximum atomic E-state index is 13.1. The Morgan fingerprint density at radius 2 is 1.88 bits per heavy atom. The minimum Gasteiger partial charge on any atom is -0.462 e. The van der Waals surface area contributed by atoms with E-state index < -0.39 is 0 Å². The van der Waals surface area contributed by atoms with Gasteiger partial charge in [-0.15, -0.1) is 0 Å². The van der Waals surface area contributed by atoms with E-state index in [1.807, 2.05) is 36.7 Å². The van der Waals surface area contributed by atoms with Gasteiger partial charge in [-0.1, -0.05) is 0 Å². The van der Waals surface area contributed by atoms with Crippen LogP contribution >= 0.6 is 0 Å². The summed E-state index contributed by atoms with van der Waals surface area (Å²) in [6, 6.07) is 8.89. The molecule has 1 aliphatic rings. The molecule has 0 bridgehead atoms. The van der Waals surface area contributed by atoms with E-state index in [4.69, 9.17) is 4.74 Å². The van der Waals surface area contributed by atoms with Crippen molar-refractivity contribution < 1.29 is 18.7 Å². The Labute approximate surface area is 140 Å². The molecule has 0 radical (unpaired) electrons. The van der Waals surface area contributed by atoms with Gasteiger partial charge in [0, 0.05) is 17.5 Å². The summed E-state index contributed by atoms with van der Waals surface area (Å²) in [5.74, 6) is -1.03. The van der Waals surface area contributed by atoms with Gasteiger partial charge >= 0.3 is 5.97 Å². The van der Waals surface area contributed by atoms with Crippen LogP contribution in [0.5, 0.6) is 0 Å². The van der Waals surface area contributed by atoms with Crippen molar-refractivity contribution in [3.8, 4) is 0 Å². The van der Waals surface area contributed by atoms with Gasteiger partial charge < -0.3 is 9.30 Å². The van der Waals surface area contributed by atoms with E-state index in [1.54, 1.807) is 0 Å². The quantitative estimate of drug-likeness (QED) is 0.632. The summed E-state index contributed by atoms with van der Waals surface area (Å²) < 4.78 is 20.2. The van der Waals surface area contributed by atoms with E-state index in [1.165, 1.54) is 24.3 Å². The number of carbonyl (C=O) groups is 2. The van der Waals surface area contributed by atoms with E-state index in [-0.39, 0.29) is 35.6 Å². The number of aromatic nitrogens is 1. The maximum absolute atomic E-state index is 13.1. The first-order valence-electron chi connectivity index (χ1n) is 8.14. The van der Waals surface area contributed by atoms with E-state index >= 15 is 0 Å². The summed E-state index contributed by atoms with van der Waals surface area (Å²) in [7, 11) is 0. The zero-order valence-corrected chi connectivity index (χ0v) is 13.7. The first-order valence-corrected chi connectivity index (χ1v) is 8.14. The largest absolute Gasteiger partial charge is 0.462 e. The lowest BCUT2D eigenvalue weighted by Crippen LogP contribution is -2.31. The molecule has 24 heavy (non-hydrogen) atoms. The van der Waals surface area contributed by atoms with Crippen LogP contribution in [0.2, 0.25) is 0 Å². The number of fused-ring (bicyclic) bond motifs is 1. The number of halogens is 1.